The molecular formula is C23H29NO4S. The van der Waals surface area contributed by atoms with Crippen molar-refractivity contribution in [2.75, 3.05) is 12.8 Å². The van der Waals surface area contributed by atoms with Gasteiger partial charge >= 0.3 is 0 Å². The van der Waals surface area contributed by atoms with E-state index in [1.165, 1.54) is 0 Å². The third-order valence-corrected chi connectivity index (χ3v) is 7.03. The number of sulfone groups is 1. The van der Waals surface area contributed by atoms with Gasteiger partial charge in [-0.3, -0.25) is 4.79 Å². The molecule has 3 rings (SSSR count). The topological polar surface area (TPSA) is 63.7 Å². The molecule has 0 bridgehead atoms. The molecule has 29 heavy (non-hydrogen) atoms. The van der Waals surface area contributed by atoms with Crippen LogP contribution in [0.2, 0.25) is 0 Å². The molecule has 0 spiro atoms. The van der Waals surface area contributed by atoms with Crippen LogP contribution in [0.15, 0.2) is 54.6 Å². The minimum absolute atomic E-state index is 0.141. The summed E-state index contributed by atoms with van der Waals surface area (Å²) in [5, 5.41) is 0. The maximum absolute atomic E-state index is 12.8. The van der Waals surface area contributed by atoms with Gasteiger partial charge in [-0.05, 0) is 49.8 Å². The molecule has 6 heteroatoms. The van der Waals surface area contributed by atoms with Crippen LogP contribution in [0.1, 0.15) is 38.2 Å². The summed E-state index contributed by atoms with van der Waals surface area (Å²) >= 11 is 0. The standard InChI is InChI=1S/C23H29NO4S/c1-18-12-14-20(15-13-18)24(2)23(25)17-29(26,27)16-19-8-6-7-11-22(19)28-21-9-4-3-5-10-21/h3-11,18,20H,12-17H2,1-2H3. The molecule has 0 N–H and O–H groups in total. The minimum Gasteiger partial charge on any atom is -0.457 e. The lowest BCUT2D eigenvalue weighted by Gasteiger charge is -2.33. The van der Waals surface area contributed by atoms with Crippen molar-refractivity contribution in [2.24, 2.45) is 5.92 Å². The van der Waals surface area contributed by atoms with E-state index in [2.05, 4.69) is 6.92 Å². The molecule has 0 atom stereocenters. The van der Waals surface area contributed by atoms with Gasteiger partial charge in [0.15, 0.2) is 9.84 Å². The Morgan fingerprint density at radius 1 is 1.00 bits per heavy atom. The van der Waals surface area contributed by atoms with Gasteiger partial charge in [0, 0.05) is 18.7 Å². The van der Waals surface area contributed by atoms with Gasteiger partial charge in [-0.1, -0.05) is 43.3 Å². The van der Waals surface area contributed by atoms with Gasteiger partial charge in [-0.2, -0.15) is 0 Å². The van der Waals surface area contributed by atoms with Crippen molar-refractivity contribution in [3.8, 4) is 11.5 Å². The van der Waals surface area contributed by atoms with Crippen molar-refractivity contribution >= 4 is 15.7 Å². The molecule has 0 unspecified atom stereocenters. The molecule has 1 aliphatic carbocycles. The van der Waals surface area contributed by atoms with Crippen LogP contribution in [-0.2, 0) is 20.4 Å². The number of nitrogens with zero attached hydrogens (tertiary/aromatic N) is 1. The van der Waals surface area contributed by atoms with Crippen molar-refractivity contribution in [3.05, 3.63) is 60.2 Å². The van der Waals surface area contributed by atoms with Gasteiger partial charge in [0.05, 0.1) is 5.75 Å². The van der Waals surface area contributed by atoms with E-state index in [1.807, 2.05) is 30.3 Å². The Morgan fingerprint density at radius 3 is 2.31 bits per heavy atom. The fourth-order valence-electron chi connectivity index (χ4n) is 3.75. The van der Waals surface area contributed by atoms with Gasteiger partial charge in [0.1, 0.15) is 17.3 Å². The summed E-state index contributed by atoms with van der Waals surface area (Å²) in [5.74, 6) is 0.779. The number of hydrogen-bond acceptors (Lipinski definition) is 4. The third kappa shape index (κ3) is 6.07. The SMILES string of the molecule is CC1CCC(N(C)C(=O)CS(=O)(=O)Cc2ccccc2Oc2ccccc2)CC1. The lowest BCUT2D eigenvalue weighted by Crippen LogP contribution is -2.42. The molecule has 1 saturated carbocycles. The first-order valence-corrected chi connectivity index (χ1v) is 11.9. The number of amides is 1. The predicted molar refractivity (Wildman–Crippen MR) is 115 cm³/mol. The quantitative estimate of drug-likeness (QED) is 0.671. The third-order valence-electron chi connectivity index (χ3n) is 5.59. The Labute approximate surface area is 173 Å². The predicted octanol–water partition coefficient (Wildman–Crippen LogP) is 4.43. The number of para-hydroxylation sites is 2. The van der Waals surface area contributed by atoms with Crippen LogP contribution in [0.5, 0.6) is 11.5 Å². The Bertz CT molecular complexity index is 919. The summed E-state index contributed by atoms with van der Waals surface area (Å²) < 4.78 is 31.4. The van der Waals surface area contributed by atoms with Gasteiger partial charge in [0.2, 0.25) is 5.91 Å². The molecule has 0 saturated heterocycles. The molecule has 5 nitrogen and oxygen atoms in total. The molecule has 0 aromatic heterocycles. The van der Waals surface area contributed by atoms with E-state index in [-0.39, 0.29) is 17.7 Å². The zero-order valence-corrected chi connectivity index (χ0v) is 17.9. The Balaban J connectivity index is 1.66. The lowest BCUT2D eigenvalue weighted by atomic mass is 9.87. The molecule has 0 aliphatic heterocycles. The number of ether oxygens (including phenoxy) is 1. The molecule has 156 valence electrons. The van der Waals surface area contributed by atoms with E-state index in [0.29, 0.717) is 23.0 Å². The van der Waals surface area contributed by atoms with E-state index < -0.39 is 15.6 Å². The van der Waals surface area contributed by atoms with Gasteiger partial charge in [0.25, 0.3) is 0 Å². The average molecular weight is 416 g/mol. The molecule has 2 aromatic rings. The van der Waals surface area contributed by atoms with E-state index in [9.17, 15) is 13.2 Å². The van der Waals surface area contributed by atoms with E-state index in [4.69, 9.17) is 4.74 Å². The first-order valence-electron chi connectivity index (χ1n) is 10.1. The molecule has 0 radical (unpaired) electrons. The molecule has 1 amide bonds. The summed E-state index contributed by atoms with van der Waals surface area (Å²) in [7, 11) is -1.89. The number of rotatable bonds is 7. The monoisotopic (exact) mass is 415 g/mol. The fourth-order valence-corrected chi connectivity index (χ4v) is 5.14. The van der Waals surface area contributed by atoms with Crippen LogP contribution >= 0.6 is 0 Å². The van der Waals surface area contributed by atoms with Crippen LogP contribution in [0, 0.1) is 5.92 Å². The van der Waals surface area contributed by atoms with Crippen LogP contribution < -0.4 is 4.74 Å². The van der Waals surface area contributed by atoms with Crippen LogP contribution in [0.3, 0.4) is 0 Å². The first kappa shape index (κ1) is 21.4. The van der Waals surface area contributed by atoms with E-state index in [0.717, 1.165) is 25.7 Å². The Hall–Kier alpha value is -2.34. The van der Waals surface area contributed by atoms with Crippen molar-refractivity contribution in [1.29, 1.82) is 0 Å². The van der Waals surface area contributed by atoms with E-state index in [1.54, 1.807) is 36.2 Å². The second-order valence-corrected chi connectivity index (χ2v) is 10.0. The Kier molecular flexibility index (Phi) is 6.96. The highest BCUT2D eigenvalue weighted by Gasteiger charge is 2.28. The number of carbonyl (C=O) groups excluding carboxylic acids is 1. The van der Waals surface area contributed by atoms with Gasteiger partial charge in [-0.15, -0.1) is 0 Å². The zero-order valence-electron chi connectivity index (χ0n) is 17.1. The molecule has 0 heterocycles. The Morgan fingerprint density at radius 2 is 1.62 bits per heavy atom. The molecular weight excluding hydrogens is 386 g/mol. The summed E-state index contributed by atoms with van der Waals surface area (Å²) in [6, 6.07) is 16.4. The largest absolute Gasteiger partial charge is 0.457 e. The number of benzene rings is 2. The number of hydrogen-bond donors (Lipinski definition) is 0. The molecule has 1 aliphatic rings. The summed E-state index contributed by atoms with van der Waals surface area (Å²) in [6.07, 6.45) is 4.05. The van der Waals surface area contributed by atoms with Gasteiger partial charge < -0.3 is 9.64 Å². The molecule has 1 fully saturated rings. The van der Waals surface area contributed by atoms with Crippen molar-refractivity contribution < 1.29 is 17.9 Å². The minimum atomic E-state index is -3.61. The summed E-state index contributed by atoms with van der Waals surface area (Å²) in [4.78, 5) is 14.3. The van der Waals surface area contributed by atoms with Crippen LogP contribution in [0.25, 0.3) is 0 Å². The number of carbonyl (C=O) groups is 1. The summed E-state index contributed by atoms with van der Waals surface area (Å²) in [5.41, 5.74) is 0.554. The maximum Gasteiger partial charge on any atom is 0.237 e. The highest BCUT2D eigenvalue weighted by atomic mass is 32.2. The van der Waals surface area contributed by atoms with Crippen molar-refractivity contribution in [3.63, 3.8) is 0 Å². The summed E-state index contributed by atoms with van der Waals surface area (Å²) in [6.45, 7) is 2.22. The zero-order chi connectivity index (χ0) is 20.9. The van der Waals surface area contributed by atoms with E-state index >= 15 is 0 Å². The fraction of sp³-hybridized carbons (Fsp3) is 0.435. The second kappa shape index (κ2) is 9.44. The average Bonchev–Trinajstić information content (AvgIpc) is 2.70. The molecule has 2 aromatic carbocycles. The second-order valence-electron chi connectivity index (χ2n) is 7.97. The first-order chi connectivity index (χ1) is 13.8. The van der Waals surface area contributed by atoms with Crippen LogP contribution in [-0.4, -0.2) is 38.1 Å². The lowest BCUT2D eigenvalue weighted by molar-refractivity contribution is -0.129. The normalized spacial score (nSPS) is 19.5. The highest BCUT2D eigenvalue weighted by molar-refractivity contribution is 7.91. The van der Waals surface area contributed by atoms with Crippen molar-refractivity contribution in [2.45, 2.75) is 44.4 Å². The smallest absolute Gasteiger partial charge is 0.237 e. The highest BCUT2D eigenvalue weighted by Crippen LogP contribution is 2.28. The van der Waals surface area contributed by atoms with Gasteiger partial charge in [-0.25, -0.2) is 8.42 Å². The van der Waals surface area contributed by atoms with Crippen molar-refractivity contribution in [1.82, 2.24) is 4.90 Å². The maximum atomic E-state index is 12.8. The van der Waals surface area contributed by atoms with Crippen LogP contribution in [0.4, 0.5) is 0 Å².